The number of hydrogen-bond donors (Lipinski definition) is 1. The maximum Gasteiger partial charge on any atom is 0.338 e. The molecule has 6 aromatic rings. The second kappa shape index (κ2) is 12.9. The Bertz CT molecular complexity index is 1820. The van der Waals surface area contributed by atoms with Crippen LogP contribution >= 0.6 is 39.1 Å². The molecular weight excluding hydrogens is 639 g/mol. The molecule has 0 bridgehead atoms. The number of aromatic carboxylic acids is 1. The Balaban J connectivity index is 0.000000169. The second-order valence-corrected chi connectivity index (χ2v) is 11.2. The molecule has 42 heavy (non-hydrogen) atoms. The smallest absolute Gasteiger partial charge is 0.338 e. The lowest BCUT2D eigenvalue weighted by molar-refractivity contribution is 0.0695. The molecule has 2 heterocycles. The molecule has 0 amide bonds. The molecular formula is C33H27BrCl2N2O4. The number of para-hydroxylation sites is 2. The van der Waals surface area contributed by atoms with Crippen LogP contribution in [0.15, 0.2) is 102 Å². The minimum absolute atomic E-state index is 0.175. The molecule has 0 aliphatic rings. The van der Waals surface area contributed by atoms with E-state index in [0.29, 0.717) is 33.5 Å². The third-order valence-corrected chi connectivity index (χ3v) is 8.37. The third-order valence-electron chi connectivity index (χ3n) is 6.98. The van der Waals surface area contributed by atoms with Gasteiger partial charge in [-0.2, -0.15) is 0 Å². The third kappa shape index (κ3) is 6.28. The number of aromatic nitrogens is 2. The molecule has 0 radical (unpaired) electrons. The van der Waals surface area contributed by atoms with Crippen LogP contribution in [0.2, 0.25) is 10.0 Å². The zero-order valence-electron chi connectivity index (χ0n) is 22.9. The van der Waals surface area contributed by atoms with Crippen molar-refractivity contribution in [3.63, 3.8) is 0 Å². The van der Waals surface area contributed by atoms with E-state index >= 15 is 0 Å². The van der Waals surface area contributed by atoms with Crippen LogP contribution in [-0.4, -0.2) is 20.2 Å². The summed E-state index contributed by atoms with van der Waals surface area (Å²) in [6.45, 7) is 0.682. The molecule has 0 aliphatic heterocycles. The average molecular weight is 666 g/mol. The molecule has 6 nitrogen and oxygen atoms in total. The van der Waals surface area contributed by atoms with Gasteiger partial charge in [0.2, 0.25) is 0 Å². The van der Waals surface area contributed by atoms with Gasteiger partial charge in [0.25, 0.3) is 0 Å². The van der Waals surface area contributed by atoms with Crippen LogP contribution in [0, 0.1) is 0 Å². The molecule has 214 valence electrons. The molecule has 4 aromatic carbocycles. The van der Waals surface area contributed by atoms with Crippen LogP contribution in [-0.2, 0) is 27.3 Å². The van der Waals surface area contributed by atoms with Crippen molar-refractivity contribution in [3.8, 4) is 11.5 Å². The zero-order chi connectivity index (χ0) is 29.8. The molecule has 1 N–H and O–H groups in total. The van der Waals surface area contributed by atoms with Crippen LogP contribution < -0.4 is 9.47 Å². The summed E-state index contributed by atoms with van der Waals surface area (Å²) >= 11 is 15.4. The van der Waals surface area contributed by atoms with Crippen LogP contribution in [0.25, 0.3) is 21.8 Å². The average Bonchev–Trinajstić information content (AvgIpc) is 3.42. The molecule has 0 saturated carbocycles. The van der Waals surface area contributed by atoms with E-state index < -0.39 is 5.97 Å². The number of carboxylic acids is 1. The summed E-state index contributed by atoms with van der Waals surface area (Å²) in [5.41, 5.74) is 4.08. The zero-order valence-corrected chi connectivity index (χ0v) is 25.9. The van der Waals surface area contributed by atoms with Gasteiger partial charge < -0.3 is 23.7 Å². The summed E-state index contributed by atoms with van der Waals surface area (Å²) in [7, 11) is 3.89. The quantitative estimate of drug-likeness (QED) is 0.185. The fourth-order valence-electron chi connectivity index (χ4n) is 4.78. The molecule has 0 unspecified atom stereocenters. The van der Waals surface area contributed by atoms with Gasteiger partial charge in [-0.15, -0.1) is 0 Å². The highest BCUT2D eigenvalue weighted by molar-refractivity contribution is 9.10. The second-order valence-electron chi connectivity index (χ2n) is 9.53. The molecule has 0 fully saturated rings. The molecule has 6 rings (SSSR count). The highest BCUT2D eigenvalue weighted by Crippen LogP contribution is 2.31. The Morgan fingerprint density at radius 3 is 1.62 bits per heavy atom. The molecule has 0 aliphatic carbocycles. The van der Waals surface area contributed by atoms with Crippen molar-refractivity contribution >= 4 is 66.9 Å². The summed E-state index contributed by atoms with van der Waals surface area (Å²) in [5, 5.41) is 12.8. The monoisotopic (exact) mass is 664 g/mol. The van der Waals surface area contributed by atoms with Gasteiger partial charge in [0.15, 0.2) is 0 Å². The Kier molecular flexibility index (Phi) is 9.12. The number of benzene rings is 4. The predicted molar refractivity (Wildman–Crippen MR) is 172 cm³/mol. The number of nitrogens with zero attached hydrogens (tertiary/aromatic N) is 2. The summed E-state index contributed by atoms with van der Waals surface area (Å²) in [4.78, 5) is 11.6. The number of hydrogen-bond acceptors (Lipinski definition) is 3. The number of aryl methyl sites for hydroxylation is 2. The lowest BCUT2D eigenvalue weighted by Crippen LogP contribution is -2.08. The van der Waals surface area contributed by atoms with Crippen LogP contribution in [0.1, 0.15) is 21.7 Å². The largest absolute Gasteiger partial charge is 0.487 e. The van der Waals surface area contributed by atoms with E-state index in [4.69, 9.17) is 32.7 Å². The number of carbonyl (C=O) groups is 1. The van der Waals surface area contributed by atoms with Crippen molar-refractivity contribution in [3.05, 3.63) is 129 Å². The fraction of sp³-hybridized carbons (Fsp3) is 0.121. The molecule has 0 spiro atoms. The normalized spacial score (nSPS) is 10.9. The first-order chi connectivity index (χ1) is 20.2. The molecule has 9 heteroatoms. The van der Waals surface area contributed by atoms with Gasteiger partial charge in [0, 0.05) is 50.4 Å². The van der Waals surface area contributed by atoms with Gasteiger partial charge >= 0.3 is 5.97 Å². The summed E-state index contributed by atoms with van der Waals surface area (Å²) in [5.74, 6) is 0.504. The van der Waals surface area contributed by atoms with Crippen LogP contribution in [0.5, 0.6) is 11.5 Å². The standard InChI is InChI=1S/C17H14ClNO3.C16H13BrClNO/c1-19-14-5-3-2-4-13(14)16(17(20)21)15(19)10-22-12-8-6-11(18)7-9-12;1-19-14-5-3-2-4-13(14)16(17)15(19)10-20-12-8-6-11(18)7-9-12/h2-9H,10H2,1H3,(H,20,21);2-9H,10H2,1H3. The van der Waals surface area contributed by atoms with Crippen molar-refractivity contribution in [1.82, 2.24) is 9.13 Å². The Hall–Kier alpha value is -3.91. The van der Waals surface area contributed by atoms with Crippen molar-refractivity contribution in [1.29, 1.82) is 0 Å². The Morgan fingerprint density at radius 1 is 0.690 bits per heavy atom. The predicted octanol–water partition coefficient (Wildman–Crippen LogP) is 9.28. The van der Waals surface area contributed by atoms with Gasteiger partial charge in [-0.3, -0.25) is 0 Å². The Labute approximate surface area is 261 Å². The van der Waals surface area contributed by atoms with E-state index in [1.54, 1.807) is 24.3 Å². The summed E-state index contributed by atoms with van der Waals surface area (Å²) in [6.07, 6.45) is 0. The van der Waals surface area contributed by atoms with E-state index in [2.05, 4.69) is 32.6 Å². The number of halogens is 3. The molecule has 2 aromatic heterocycles. The van der Waals surface area contributed by atoms with Crippen LogP contribution in [0.3, 0.4) is 0 Å². The van der Waals surface area contributed by atoms with Gasteiger partial charge in [0.1, 0.15) is 24.7 Å². The van der Waals surface area contributed by atoms with E-state index in [-0.39, 0.29) is 12.2 Å². The number of carboxylic acid groups (broad SMARTS) is 1. The number of rotatable bonds is 7. The lowest BCUT2D eigenvalue weighted by atomic mass is 10.1. The van der Waals surface area contributed by atoms with Crippen molar-refractivity contribution in [2.45, 2.75) is 13.2 Å². The van der Waals surface area contributed by atoms with Gasteiger partial charge in [-0.1, -0.05) is 59.6 Å². The molecule has 0 atom stereocenters. The number of fused-ring (bicyclic) bond motifs is 2. The minimum Gasteiger partial charge on any atom is -0.487 e. The van der Waals surface area contributed by atoms with Crippen molar-refractivity contribution < 1.29 is 19.4 Å². The van der Waals surface area contributed by atoms with Crippen molar-refractivity contribution in [2.24, 2.45) is 14.1 Å². The van der Waals surface area contributed by atoms with E-state index in [1.165, 1.54) is 10.9 Å². The first-order valence-corrected chi connectivity index (χ1v) is 14.6. The van der Waals surface area contributed by atoms with Crippen LogP contribution in [0.4, 0.5) is 0 Å². The highest BCUT2D eigenvalue weighted by atomic mass is 79.9. The Morgan fingerprint density at radius 2 is 1.12 bits per heavy atom. The van der Waals surface area contributed by atoms with E-state index in [9.17, 15) is 9.90 Å². The topological polar surface area (TPSA) is 65.6 Å². The highest BCUT2D eigenvalue weighted by Gasteiger charge is 2.20. The maximum absolute atomic E-state index is 11.6. The SMILES string of the molecule is Cn1c(COc2ccc(Cl)cc2)c(Br)c2ccccc21.Cn1c(COc2ccc(Cl)cc2)c(C(=O)O)c2ccccc21. The fourth-order valence-corrected chi connectivity index (χ4v) is 5.75. The number of ether oxygens (including phenoxy) is 2. The first kappa shape index (κ1) is 29.6. The van der Waals surface area contributed by atoms with Gasteiger partial charge in [-0.25, -0.2) is 4.79 Å². The van der Waals surface area contributed by atoms with Gasteiger partial charge in [0.05, 0.1) is 17.0 Å². The maximum atomic E-state index is 11.6. The summed E-state index contributed by atoms with van der Waals surface area (Å²) in [6, 6.07) is 30.1. The molecule has 0 saturated heterocycles. The lowest BCUT2D eigenvalue weighted by Gasteiger charge is -2.09. The van der Waals surface area contributed by atoms with E-state index in [1.807, 2.05) is 79.3 Å². The first-order valence-electron chi connectivity index (χ1n) is 13.0. The van der Waals surface area contributed by atoms with Crippen molar-refractivity contribution in [2.75, 3.05) is 0 Å². The van der Waals surface area contributed by atoms with Gasteiger partial charge in [-0.05, 0) is 76.6 Å². The van der Waals surface area contributed by atoms with E-state index in [0.717, 1.165) is 21.4 Å². The minimum atomic E-state index is -0.952. The summed E-state index contributed by atoms with van der Waals surface area (Å²) < 4.78 is 16.6.